The number of carboxylic acids is 1. The minimum absolute atomic E-state index is 0.0448. The summed E-state index contributed by atoms with van der Waals surface area (Å²) < 4.78 is 25.1. The van der Waals surface area contributed by atoms with E-state index < -0.39 is 29.0 Å². The summed E-state index contributed by atoms with van der Waals surface area (Å²) in [5, 5.41) is 9.95. The van der Waals surface area contributed by atoms with E-state index >= 15 is 0 Å². The number of hydrogen-bond donors (Lipinski definition) is 1. The lowest BCUT2D eigenvalue weighted by atomic mass is 9.73. The summed E-state index contributed by atoms with van der Waals surface area (Å²) in [5.74, 6) is -1.63. The van der Waals surface area contributed by atoms with Crippen molar-refractivity contribution in [3.8, 4) is 11.5 Å². The summed E-state index contributed by atoms with van der Waals surface area (Å²) in [7, 11) is 1.51. The van der Waals surface area contributed by atoms with E-state index in [4.69, 9.17) is 9.47 Å². The fourth-order valence-corrected chi connectivity index (χ4v) is 4.01. The van der Waals surface area contributed by atoms with Gasteiger partial charge in [0.25, 0.3) is 5.91 Å². The molecule has 1 amide bonds. The van der Waals surface area contributed by atoms with E-state index in [0.29, 0.717) is 17.1 Å². The smallest absolute Gasteiger partial charge is 0.315 e. The average Bonchev–Trinajstić information content (AvgIpc) is 3.09. The number of carbonyl (C=O) groups is 2. The highest BCUT2D eigenvalue weighted by atomic mass is 19.1. The third kappa shape index (κ3) is 2.53. The second-order valence-corrected chi connectivity index (χ2v) is 6.85. The molecule has 2 aromatic rings. The fraction of sp³-hybridized carbons (Fsp3) is 0.300. The minimum Gasteiger partial charge on any atom is -0.493 e. The summed E-state index contributed by atoms with van der Waals surface area (Å²) in [6.07, 6.45) is 0. The van der Waals surface area contributed by atoms with Crippen molar-refractivity contribution < 1.29 is 28.6 Å². The number of nitrogens with zero attached hydrogens (tertiary/aromatic N) is 1. The lowest BCUT2D eigenvalue weighted by molar-refractivity contribution is -0.151. The molecule has 2 aliphatic heterocycles. The van der Waals surface area contributed by atoms with E-state index in [2.05, 4.69) is 0 Å². The van der Waals surface area contributed by atoms with Gasteiger partial charge in [-0.15, -0.1) is 0 Å². The molecule has 0 saturated carbocycles. The number of hydrogen-bond acceptors (Lipinski definition) is 4. The number of amides is 1. The van der Waals surface area contributed by atoms with Crippen LogP contribution in [0, 0.1) is 11.2 Å². The Labute approximate surface area is 155 Å². The van der Waals surface area contributed by atoms with Crippen molar-refractivity contribution in [3.63, 3.8) is 0 Å². The van der Waals surface area contributed by atoms with Crippen molar-refractivity contribution in [1.82, 2.24) is 4.90 Å². The number of likely N-dealkylation sites (tertiary alicyclic amines) is 1. The van der Waals surface area contributed by atoms with E-state index in [-0.39, 0.29) is 25.3 Å². The van der Waals surface area contributed by atoms with Gasteiger partial charge in [-0.1, -0.05) is 24.3 Å². The minimum atomic E-state index is -1.28. The number of ether oxygens (including phenoxy) is 2. The average molecular weight is 371 g/mol. The predicted octanol–water partition coefficient (Wildman–Crippen LogP) is 2.54. The first-order valence-electron chi connectivity index (χ1n) is 8.55. The molecule has 0 spiro atoms. The van der Waals surface area contributed by atoms with Gasteiger partial charge in [-0.05, 0) is 18.2 Å². The van der Waals surface area contributed by atoms with Crippen LogP contribution in [0.15, 0.2) is 42.5 Å². The highest BCUT2D eigenvalue weighted by Crippen LogP contribution is 2.52. The standard InChI is InChI=1S/C20H18FNO5/c1-26-16-8-4-6-12-14-9-22(18(23)13-5-2-3-7-15(13)21)10-20(14,19(24)25)11-27-17(12)16/h2-8,14H,9-11H2,1H3,(H,24,25)/t14-,20-/m0/s1. The quantitative estimate of drug-likeness (QED) is 0.897. The number of methoxy groups -OCH3 is 1. The maximum atomic E-state index is 14.1. The molecule has 27 heavy (non-hydrogen) atoms. The van der Waals surface area contributed by atoms with E-state index in [0.717, 1.165) is 0 Å². The monoisotopic (exact) mass is 371 g/mol. The van der Waals surface area contributed by atoms with Crippen molar-refractivity contribution >= 4 is 11.9 Å². The number of fused-ring (bicyclic) bond motifs is 3. The lowest BCUT2D eigenvalue weighted by Gasteiger charge is -2.36. The molecule has 4 rings (SSSR count). The number of aliphatic carboxylic acids is 1. The first kappa shape index (κ1) is 17.3. The summed E-state index contributed by atoms with van der Waals surface area (Å²) in [6, 6.07) is 11.0. The summed E-state index contributed by atoms with van der Waals surface area (Å²) >= 11 is 0. The Kier molecular flexibility index (Phi) is 4.02. The van der Waals surface area contributed by atoms with Gasteiger partial charge in [0.15, 0.2) is 11.5 Å². The molecular formula is C20H18FNO5. The molecule has 0 aliphatic carbocycles. The van der Waals surface area contributed by atoms with Crippen LogP contribution in [0.3, 0.4) is 0 Å². The highest BCUT2D eigenvalue weighted by Gasteiger charge is 2.58. The number of halogens is 1. The summed E-state index contributed by atoms with van der Waals surface area (Å²) in [5.41, 5.74) is -0.657. The molecule has 0 aromatic heterocycles. The Morgan fingerprint density at radius 1 is 1.26 bits per heavy atom. The largest absolute Gasteiger partial charge is 0.493 e. The summed E-state index contributed by atoms with van der Waals surface area (Å²) in [6.45, 7) is 0.0429. The van der Waals surface area contributed by atoms with Gasteiger partial charge in [-0.3, -0.25) is 9.59 Å². The molecule has 1 saturated heterocycles. The zero-order valence-electron chi connectivity index (χ0n) is 14.6. The summed E-state index contributed by atoms with van der Waals surface area (Å²) in [4.78, 5) is 26.4. The normalized spacial score (nSPS) is 23.2. The van der Waals surface area contributed by atoms with E-state index in [1.54, 1.807) is 24.3 Å². The molecule has 1 N–H and O–H groups in total. The van der Waals surface area contributed by atoms with Crippen molar-refractivity contribution in [1.29, 1.82) is 0 Å². The van der Waals surface area contributed by atoms with Gasteiger partial charge >= 0.3 is 5.97 Å². The maximum absolute atomic E-state index is 14.1. The van der Waals surface area contributed by atoms with Gasteiger partial charge in [0.05, 0.1) is 12.7 Å². The second-order valence-electron chi connectivity index (χ2n) is 6.85. The Morgan fingerprint density at radius 3 is 2.74 bits per heavy atom. The predicted molar refractivity (Wildman–Crippen MR) is 93.6 cm³/mol. The van der Waals surface area contributed by atoms with E-state index in [9.17, 15) is 19.1 Å². The number of rotatable bonds is 3. The van der Waals surface area contributed by atoms with Crippen LogP contribution in [-0.2, 0) is 4.79 Å². The fourth-order valence-electron chi connectivity index (χ4n) is 4.01. The first-order chi connectivity index (χ1) is 13.0. The number of benzene rings is 2. The van der Waals surface area contributed by atoms with Crippen LogP contribution in [0.2, 0.25) is 0 Å². The zero-order chi connectivity index (χ0) is 19.2. The zero-order valence-corrected chi connectivity index (χ0v) is 14.6. The molecule has 0 bridgehead atoms. The maximum Gasteiger partial charge on any atom is 0.315 e. The van der Waals surface area contributed by atoms with Crippen LogP contribution in [0.5, 0.6) is 11.5 Å². The van der Waals surface area contributed by atoms with E-state index in [1.807, 2.05) is 0 Å². The number of carboxylic acid groups (broad SMARTS) is 1. The molecule has 2 atom stereocenters. The Balaban J connectivity index is 1.75. The number of para-hydroxylation sites is 1. The topological polar surface area (TPSA) is 76.1 Å². The van der Waals surface area contributed by atoms with Gasteiger partial charge in [-0.2, -0.15) is 0 Å². The van der Waals surface area contributed by atoms with Gasteiger partial charge in [-0.25, -0.2) is 4.39 Å². The molecule has 2 heterocycles. The molecule has 0 unspecified atom stereocenters. The van der Waals surface area contributed by atoms with Crippen LogP contribution in [0.25, 0.3) is 0 Å². The van der Waals surface area contributed by atoms with Crippen molar-refractivity contribution in [2.24, 2.45) is 5.41 Å². The van der Waals surface area contributed by atoms with Crippen LogP contribution in [0.1, 0.15) is 21.8 Å². The third-order valence-electron chi connectivity index (χ3n) is 5.44. The van der Waals surface area contributed by atoms with Gasteiger partial charge in [0.1, 0.15) is 17.8 Å². The Morgan fingerprint density at radius 2 is 2.04 bits per heavy atom. The van der Waals surface area contributed by atoms with Crippen molar-refractivity contribution in [3.05, 3.63) is 59.4 Å². The second kappa shape index (κ2) is 6.26. The van der Waals surface area contributed by atoms with Crippen LogP contribution in [-0.4, -0.2) is 48.7 Å². The van der Waals surface area contributed by atoms with E-state index in [1.165, 1.54) is 30.2 Å². The molecule has 7 heteroatoms. The molecule has 140 valence electrons. The lowest BCUT2D eigenvalue weighted by Crippen LogP contribution is -2.46. The van der Waals surface area contributed by atoms with Crippen molar-refractivity contribution in [2.75, 3.05) is 26.8 Å². The van der Waals surface area contributed by atoms with Crippen LogP contribution < -0.4 is 9.47 Å². The molecule has 0 radical (unpaired) electrons. The van der Waals surface area contributed by atoms with Gasteiger partial charge in [0.2, 0.25) is 0 Å². The Hall–Kier alpha value is -3.09. The Bertz CT molecular complexity index is 930. The molecule has 6 nitrogen and oxygen atoms in total. The molecule has 1 fully saturated rings. The van der Waals surface area contributed by atoms with Crippen molar-refractivity contribution in [2.45, 2.75) is 5.92 Å². The molecule has 2 aliphatic rings. The van der Waals surface area contributed by atoms with Gasteiger partial charge < -0.3 is 19.5 Å². The molecular weight excluding hydrogens is 353 g/mol. The third-order valence-corrected chi connectivity index (χ3v) is 5.44. The SMILES string of the molecule is COc1cccc2c1OC[C@@]1(C(=O)O)CN(C(=O)c3ccccc3F)C[C@@H]21. The number of carbonyl (C=O) groups excluding carboxylic acids is 1. The first-order valence-corrected chi connectivity index (χ1v) is 8.55. The molecule has 2 aromatic carbocycles. The van der Waals surface area contributed by atoms with Crippen LogP contribution >= 0.6 is 0 Å². The highest BCUT2D eigenvalue weighted by molar-refractivity contribution is 5.95. The van der Waals surface area contributed by atoms with Crippen LogP contribution in [0.4, 0.5) is 4.39 Å². The van der Waals surface area contributed by atoms with Gasteiger partial charge in [0, 0.05) is 24.6 Å².